The molecule has 0 spiro atoms. The predicted molar refractivity (Wildman–Crippen MR) is 120 cm³/mol. The third kappa shape index (κ3) is 3.77. The third-order valence-corrected chi connectivity index (χ3v) is 5.89. The fourth-order valence-electron chi connectivity index (χ4n) is 4.38. The number of hydrogen-bond donors (Lipinski definition) is 0. The number of pyridine rings is 2. The van der Waals surface area contributed by atoms with Crippen LogP contribution in [0.25, 0.3) is 22.0 Å². The maximum absolute atomic E-state index is 13.5. The van der Waals surface area contributed by atoms with Gasteiger partial charge in [0.2, 0.25) is 0 Å². The van der Waals surface area contributed by atoms with E-state index in [1.165, 1.54) is 0 Å². The lowest BCUT2D eigenvalue weighted by molar-refractivity contribution is 0.0708. The number of likely N-dealkylation sites (tertiary alicyclic amines) is 1. The molecule has 1 aromatic carbocycles. The third-order valence-electron chi connectivity index (χ3n) is 5.89. The molecular weight excluding hydrogens is 386 g/mol. The molecule has 4 heterocycles. The van der Waals surface area contributed by atoms with E-state index in [-0.39, 0.29) is 11.8 Å². The van der Waals surface area contributed by atoms with Crippen molar-refractivity contribution < 1.29 is 4.79 Å². The number of aryl methyl sites for hydroxylation is 1. The molecule has 4 aromatic rings. The molecule has 1 unspecified atom stereocenters. The Morgan fingerprint density at radius 3 is 2.74 bits per heavy atom. The molecule has 1 amide bonds. The van der Waals surface area contributed by atoms with Crippen LogP contribution >= 0.6 is 0 Å². The summed E-state index contributed by atoms with van der Waals surface area (Å²) in [6.07, 6.45) is 9.12. The lowest BCUT2D eigenvalue weighted by atomic mass is 9.89. The highest BCUT2D eigenvalue weighted by Crippen LogP contribution is 2.33. The van der Waals surface area contributed by atoms with Gasteiger partial charge < -0.3 is 4.90 Å². The second-order valence-corrected chi connectivity index (χ2v) is 7.92. The number of carbonyl (C=O) groups is 1. The van der Waals surface area contributed by atoms with Gasteiger partial charge in [-0.1, -0.05) is 18.2 Å². The molecule has 0 saturated carbocycles. The average molecular weight is 409 g/mol. The maximum atomic E-state index is 13.5. The first-order valence-corrected chi connectivity index (χ1v) is 10.6. The van der Waals surface area contributed by atoms with E-state index in [1.54, 1.807) is 18.6 Å². The van der Waals surface area contributed by atoms with Gasteiger partial charge in [0.1, 0.15) is 5.82 Å². The number of nitrogens with zero attached hydrogens (tertiary/aromatic N) is 5. The summed E-state index contributed by atoms with van der Waals surface area (Å²) < 4.78 is 0. The molecule has 31 heavy (non-hydrogen) atoms. The first-order chi connectivity index (χ1) is 15.2. The fourth-order valence-corrected chi connectivity index (χ4v) is 4.38. The molecular formula is C25H23N5O. The van der Waals surface area contributed by atoms with Crippen LogP contribution in [-0.2, 0) is 0 Å². The van der Waals surface area contributed by atoms with Crippen LogP contribution in [0.2, 0.25) is 0 Å². The van der Waals surface area contributed by atoms with E-state index in [1.807, 2.05) is 60.5 Å². The van der Waals surface area contributed by atoms with Crippen LogP contribution in [0.5, 0.6) is 0 Å². The number of amides is 1. The number of carbonyl (C=O) groups excluding carboxylic acids is 1. The van der Waals surface area contributed by atoms with E-state index in [0.717, 1.165) is 52.9 Å². The van der Waals surface area contributed by atoms with Crippen LogP contribution in [0.15, 0.2) is 67.3 Å². The fraction of sp³-hybridized carbons (Fsp3) is 0.240. The molecule has 1 fully saturated rings. The summed E-state index contributed by atoms with van der Waals surface area (Å²) in [5, 5.41) is 0.980. The highest BCUT2D eigenvalue weighted by Gasteiger charge is 2.29. The van der Waals surface area contributed by atoms with Crippen molar-refractivity contribution >= 4 is 16.8 Å². The van der Waals surface area contributed by atoms with Crippen molar-refractivity contribution in [2.75, 3.05) is 13.1 Å². The number of benzene rings is 1. The molecule has 0 N–H and O–H groups in total. The van der Waals surface area contributed by atoms with Crippen LogP contribution < -0.4 is 0 Å². The Morgan fingerprint density at radius 2 is 1.87 bits per heavy atom. The molecule has 0 aliphatic carbocycles. The Labute approximate surface area is 181 Å². The van der Waals surface area contributed by atoms with Gasteiger partial charge in [0.05, 0.1) is 16.8 Å². The molecule has 1 atom stereocenters. The summed E-state index contributed by atoms with van der Waals surface area (Å²) in [4.78, 5) is 33.2. The van der Waals surface area contributed by atoms with E-state index in [2.05, 4.69) is 15.0 Å². The minimum atomic E-state index is 0.0326. The molecule has 6 heteroatoms. The molecule has 5 rings (SSSR count). The Morgan fingerprint density at radius 1 is 1.03 bits per heavy atom. The maximum Gasteiger partial charge on any atom is 0.256 e. The summed E-state index contributed by atoms with van der Waals surface area (Å²) in [7, 11) is 0. The van der Waals surface area contributed by atoms with Crippen LogP contribution in [0.1, 0.15) is 40.6 Å². The Bertz CT molecular complexity index is 1240. The van der Waals surface area contributed by atoms with Gasteiger partial charge in [0.15, 0.2) is 0 Å². The largest absolute Gasteiger partial charge is 0.338 e. The number of piperidine rings is 1. The molecule has 6 nitrogen and oxygen atoms in total. The number of rotatable bonds is 3. The summed E-state index contributed by atoms with van der Waals surface area (Å²) in [5.41, 5.74) is 4.48. The van der Waals surface area contributed by atoms with E-state index in [9.17, 15) is 4.79 Å². The lowest BCUT2D eigenvalue weighted by Gasteiger charge is -2.33. The number of hydrogen-bond acceptors (Lipinski definition) is 5. The number of para-hydroxylation sites is 1. The number of fused-ring (bicyclic) bond motifs is 1. The smallest absolute Gasteiger partial charge is 0.256 e. The van der Waals surface area contributed by atoms with Crippen LogP contribution in [0.3, 0.4) is 0 Å². The van der Waals surface area contributed by atoms with Crippen molar-refractivity contribution in [3.05, 3.63) is 84.3 Å². The van der Waals surface area contributed by atoms with Gasteiger partial charge in [-0.2, -0.15) is 0 Å². The Balaban J connectivity index is 1.48. The quantitative estimate of drug-likeness (QED) is 0.501. The first-order valence-electron chi connectivity index (χ1n) is 10.6. The lowest BCUT2D eigenvalue weighted by Crippen LogP contribution is -2.39. The topological polar surface area (TPSA) is 71.9 Å². The zero-order valence-corrected chi connectivity index (χ0v) is 17.4. The second-order valence-electron chi connectivity index (χ2n) is 7.92. The summed E-state index contributed by atoms with van der Waals surface area (Å²) in [6, 6.07) is 13.6. The Kier molecular flexibility index (Phi) is 5.12. The van der Waals surface area contributed by atoms with Crippen LogP contribution in [0.4, 0.5) is 0 Å². The van der Waals surface area contributed by atoms with Gasteiger partial charge in [-0.15, -0.1) is 0 Å². The summed E-state index contributed by atoms with van der Waals surface area (Å²) >= 11 is 0. The van der Waals surface area contributed by atoms with Gasteiger partial charge in [0, 0.05) is 54.7 Å². The molecule has 1 aliphatic rings. The SMILES string of the molecule is Cc1ncc(-c2ccncc2)c(C2CCCN(C(=O)c3cccc4cccnc34)C2)n1. The molecule has 0 radical (unpaired) electrons. The molecule has 3 aromatic heterocycles. The highest BCUT2D eigenvalue weighted by molar-refractivity contribution is 6.05. The Hall–Kier alpha value is -3.67. The molecule has 1 saturated heterocycles. The first kappa shape index (κ1) is 19.3. The van der Waals surface area contributed by atoms with Gasteiger partial charge in [-0.3, -0.25) is 14.8 Å². The van der Waals surface area contributed by atoms with E-state index < -0.39 is 0 Å². The monoisotopic (exact) mass is 409 g/mol. The van der Waals surface area contributed by atoms with Crippen molar-refractivity contribution in [2.24, 2.45) is 0 Å². The average Bonchev–Trinajstić information content (AvgIpc) is 2.84. The predicted octanol–water partition coefficient (Wildman–Crippen LogP) is 4.42. The summed E-state index contributed by atoms with van der Waals surface area (Å²) in [5.74, 6) is 0.935. The standard InChI is InChI=1S/C25H23N5O/c1-17-28-15-22(18-9-12-26-13-10-18)24(29-17)20-7-4-14-30(16-20)25(31)21-8-2-5-19-6-3-11-27-23(19)21/h2-3,5-6,8-13,15,20H,4,7,14,16H2,1H3. The number of aromatic nitrogens is 4. The van der Waals surface area contributed by atoms with Crippen LogP contribution in [-0.4, -0.2) is 43.8 Å². The zero-order chi connectivity index (χ0) is 21.2. The van der Waals surface area contributed by atoms with E-state index in [0.29, 0.717) is 12.1 Å². The van der Waals surface area contributed by atoms with Crippen molar-refractivity contribution in [2.45, 2.75) is 25.7 Å². The van der Waals surface area contributed by atoms with Crippen LogP contribution in [0, 0.1) is 6.92 Å². The second kappa shape index (κ2) is 8.22. The van der Waals surface area contributed by atoms with Crippen molar-refractivity contribution in [3.63, 3.8) is 0 Å². The van der Waals surface area contributed by atoms with E-state index in [4.69, 9.17) is 4.98 Å². The summed E-state index contributed by atoms with van der Waals surface area (Å²) in [6.45, 7) is 3.29. The van der Waals surface area contributed by atoms with Crippen molar-refractivity contribution in [1.29, 1.82) is 0 Å². The molecule has 154 valence electrons. The molecule has 1 aliphatic heterocycles. The van der Waals surface area contributed by atoms with Crippen molar-refractivity contribution in [3.8, 4) is 11.1 Å². The van der Waals surface area contributed by atoms with Gasteiger partial charge in [-0.05, 0) is 49.6 Å². The van der Waals surface area contributed by atoms with Gasteiger partial charge in [-0.25, -0.2) is 9.97 Å². The van der Waals surface area contributed by atoms with E-state index >= 15 is 0 Å². The highest BCUT2D eigenvalue weighted by atomic mass is 16.2. The van der Waals surface area contributed by atoms with Gasteiger partial charge in [0.25, 0.3) is 5.91 Å². The minimum absolute atomic E-state index is 0.0326. The minimum Gasteiger partial charge on any atom is -0.338 e. The molecule has 0 bridgehead atoms. The normalized spacial score (nSPS) is 16.4. The zero-order valence-electron chi connectivity index (χ0n) is 17.4. The van der Waals surface area contributed by atoms with Gasteiger partial charge >= 0.3 is 0 Å². The van der Waals surface area contributed by atoms with Crippen molar-refractivity contribution in [1.82, 2.24) is 24.8 Å².